The van der Waals surface area contributed by atoms with Crippen molar-refractivity contribution in [2.75, 3.05) is 6.61 Å². The fraction of sp³-hybridized carbons (Fsp3) is 0.400. The quantitative estimate of drug-likeness (QED) is 0.799. The lowest BCUT2D eigenvalue weighted by molar-refractivity contribution is 0.297. The smallest absolute Gasteiger partial charge is 0.124 e. The van der Waals surface area contributed by atoms with Crippen molar-refractivity contribution in [3.63, 3.8) is 0 Å². The van der Waals surface area contributed by atoms with E-state index in [1.807, 2.05) is 0 Å². The van der Waals surface area contributed by atoms with Crippen LogP contribution in [-0.4, -0.2) is 11.7 Å². The van der Waals surface area contributed by atoms with Crippen LogP contribution in [-0.2, 0) is 6.42 Å². The van der Waals surface area contributed by atoms with Crippen molar-refractivity contribution in [2.45, 2.75) is 19.5 Å². The molecule has 1 aromatic carbocycles. The topological polar surface area (TPSA) is 20.2 Å². The summed E-state index contributed by atoms with van der Waals surface area (Å²) in [4.78, 5) is 0. The molecule has 0 amide bonds. The lowest BCUT2D eigenvalue weighted by atomic mass is 10.0. The van der Waals surface area contributed by atoms with Gasteiger partial charge in [0.05, 0.1) is 0 Å². The fourth-order valence-electron chi connectivity index (χ4n) is 1.37. The first kappa shape index (κ1) is 10.5. The van der Waals surface area contributed by atoms with Crippen molar-refractivity contribution < 1.29 is 9.50 Å². The Morgan fingerprint density at radius 2 is 2.23 bits per heavy atom. The van der Waals surface area contributed by atoms with Crippen LogP contribution in [0.4, 0.5) is 4.39 Å². The summed E-state index contributed by atoms with van der Waals surface area (Å²) < 4.78 is 13.1. The number of halogens is 2. The van der Waals surface area contributed by atoms with E-state index in [-0.39, 0.29) is 6.61 Å². The van der Waals surface area contributed by atoms with E-state index < -0.39 is 6.17 Å². The minimum Gasteiger partial charge on any atom is -0.396 e. The summed E-state index contributed by atoms with van der Waals surface area (Å²) in [5, 5.41) is 9.18. The summed E-state index contributed by atoms with van der Waals surface area (Å²) in [6.45, 7) is 1.46. The lowest BCUT2D eigenvalue weighted by Gasteiger charge is -2.11. The molecule has 1 rings (SSSR count). The molecule has 0 aromatic heterocycles. The average molecular weight is 203 g/mol. The van der Waals surface area contributed by atoms with Crippen LogP contribution in [0.15, 0.2) is 18.2 Å². The lowest BCUT2D eigenvalue weighted by Crippen LogP contribution is -1.99. The Labute approximate surface area is 82.2 Å². The average Bonchev–Trinajstić information content (AvgIpc) is 2.04. The molecule has 0 spiro atoms. The van der Waals surface area contributed by atoms with Crippen LogP contribution in [0.2, 0.25) is 5.02 Å². The fourth-order valence-corrected chi connectivity index (χ4v) is 1.71. The maximum absolute atomic E-state index is 13.1. The molecule has 1 aromatic rings. The van der Waals surface area contributed by atoms with E-state index in [0.29, 0.717) is 17.0 Å². The zero-order valence-electron chi connectivity index (χ0n) is 7.43. The van der Waals surface area contributed by atoms with Crippen LogP contribution in [0.25, 0.3) is 0 Å². The van der Waals surface area contributed by atoms with E-state index in [0.717, 1.165) is 5.56 Å². The van der Waals surface area contributed by atoms with Crippen molar-refractivity contribution in [3.05, 3.63) is 34.3 Å². The van der Waals surface area contributed by atoms with Crippen LogP contribution in [0, 0.1) is 0 Å². The van der Waals surface area contributed by atoms with E-state index in [2.05, 4.69) is 0 Å². The molecular weight excluding hydrogens is 191 g/mol. The predicted molar refractivity (Wildman–Crippen MR) is 51.8 cm³/mol. The molecule has 0 radical (unpaired) electrons. The molecule has 1 nitrogen and oxygen atoms in total. The zero-order valence-corrected chi connectivity index (χ0v) is 8.18. The number of benzene rings is 1. The maximum Gasteiger partial charge on any atom is 0.124 e. The van der Waals surface area contributed by atoms with E-state index in [4.69, 9.17) is 16.7 Å². The second-order valence-corrected chi connectivity index (χ2v) is 3.31. The molecule has 0 fully saturated rings. The number of alkyl halides is 1. The normalized spacial score (nSPS) is 12.9. The highest BCUT2D eigenvalue weighted by Crippen LogP contribution is 2.28. The van der Waals surface area contributed by atoms with Gasteiger partial charge in [0.1, 0.15) is 6.17 Å². The molecule has 13 heavy (non-hydrogen) atoms. The Kier molecular flexibility index (Phi) is 3.70. The summed E-state index contributed by atoms with van der Waals surface area (Å²) >= 11 is 5.84. The predicted octanol–water partition coefficient (Wildman–Crippen LogP) is 2.91. The highest BCUT2D eigenvalue weighted by atomic mass is 35.5. The van der Waals surface area contributed by atoms with Gasteiger partial charge in [-0.2, -0.15) is 0 Å². The number of aliphatic hydroxyl groups is 1. The molecule has 0 heterocycles. The number of hydrogen-bond acceptors (Lipinski definition) is 1. The molecule has 0 aliphatic carbocycles. The number of rotatable bonds is 3. The molecule has 0 bridgehead atoms. The first-order valence-electron chi connectivity index (χ1n) is 4.19. The molecule has 0 aliphatic heterocycles. The van der Waals surface area contributed by atoms with Gasteiger partial charge in [-0.15, -0.1) is 0 Å². The second-order valence-electron chi connectivity index (χ2n) is 2.90. The van der Waals surface area contributed by atoms with Gasteiger partial charge < -0.3 is 5.11 Å². The van der Waals surface area contributed by atoms with Crippen LogP contribution in [0.5, 0.6) is 0 Å². The first-order valence-corrected chi connectivity index (χ1v) is 4.56. The van der Waals surface area contributed by atoms with Gasteiger partial charge in [0, 0.05) is 17.2 Å². The zero-order chi connectivity index (χ0) is 9.84. The van der Waals surface area contributed by atoms with Crippen LogP contribution >= 0.6 is 11.6 Å². The van der Waals surface area contributed by atoms with Crippen LogP contribution in [0.3, 0.4) is 0 Å². The van der Waals surface area contributed by atoms with Gasteiger partial charge in [-0.05, 0) is 25.0 Å². The standard InChI is InChI=1S/C10H12ClFO/c1-7(12)10-8(5-6-13)3-2-4-9(10)11/h2-4,7,13H,5-6H2,1H3. The number of aliphatic hydroxyl groups excluding tert-OH is 1. The highest BCUT2D eigenvalue weighted by Gasteiger charge is 2.12. The molecule has 1 N–H and O–H groups in total. The van der Waals surface area contributed by atoms with Crippen molar-refractivity contribution in [3.8, 4) is 0 Å². The van der Waals surface area contributed by atoms with Crippen molar-refractivity contribution in [1.82, 2.24) is 0 Å². The third-order valence-corrected chi connectivity index (χ3v) is 2.25. The minimum atomic E-state index is -1.09. The monoisotopic (exact) mass is 202 g/mol. The minimum absolute atomic E-state index is 0.0140. The summed E-state index contributed by atoms with van der Waals surface area (Å²) in [7, 11) is 0. The molecule has 0 aliphatic rings. The van der Waals surface area contributed by atoms with Crippen LogP contribution < -0.4 is 0 Å². The molecule has 0 saturated carbocycles. The van der Waals surface area contributed by atoms with E-state index in [1.165, 1.54) is 6.92 Å². The molecule has 0 saturated heterocycles. The summed E-state index contributed by atoms with van der Waals surface area (Å²) in [5.74, 6) is 0. The van der Waals surface area contributed by atoms with E-state index >= 15 is 0 Å². The van der Waals surface area contributed by atoms with Gasteiger partial charge in [0.25, 0.3) is 0 Å². The van der Waals surface area contributed by atoms with Gasteiger partial charge in [0.15, 0.2) is 0 Å². The third kappa shape index (κ3) is 2.42. The molecular formula is C10H12ClFO. The Balaban J connectivity index is 3.10. The first-order chi connectivity index (χ1) is 6.16. The number of hydrogen-bond donors (Lipinski definition) is 1. The molecule has 3 heteroatoms. The van der Waals surface area contributed by atoms with Gasteiger partial charge in [-0.3, -0.25) is 0 Å². The molecule has 1 unspecified atom stereocenters. The van der Waals surface area contributed by atoms with E-state index in [1.54, 1.807) is 18.2 Å². The Hall–Kier alpha value is -0.600. The maximum atomic E-state index is 13.1. The van der Waals surface area contributed by atoms with Crippen molar-refractivity contribution in [2.24, 2.45) is 0 Å². The summed E-state index contributed by atoms with van der Waals surface area (Å²) in [6, 6.07) is 5.21. The molecule has 1 atom stereocenters. The van der Waals surface area contributed by atoms with Gasteiger partial charge in [-0.1, -0.05) is 23.7 Å². The van der Waals surface area contributed by atoms with Crippen molar-refractivity contribution in [1.29, 1.82) is 0 Å². The Morgan fingerprint density at radius 3 is 2.77 bits per heavy atom. The van der Waals surface area contributed by atoms with Gasteiger partial charge >= 0.3 is 0 Å². The van der Waals surface area contributed by atoms with Gasteiger partial charge in [-0.25, -0.2) is 4.39 Å². The molecule has 72 valence electrons. The van der Waals surface area contributed by atoms with Crippen LogP contribution in [0.1, 0.15) is 24.2 Å². The van der Waals surface area contributed by atoms with E-state index in [9.17, 15) is 4.39 Å². The highest BCUT2D eigenvalue weighted by molar-refractivity contribution is 6.31. The largest absolute Gasteiger partial charge is 0.396 e. The summed E-state index contributed by atoms with van der Waals surface area (Å²) in [5.41, 5.74) is 1.28. The Morgan fingerprint density at radius 1 is 1.54 bits per heavy atom. The third-order valence-electron chi connectivity index (χ3n) is 1.92. The summed E-state index contributed by atoms with van der Waals surface area (Å²) in [6.07, 6.45) is -0.639. The van der Waals surface area contributed by atoms with Gasteiger partial charge in [0.2, 0.25) is 0 Å². The second kappa shape index (κ2) is 4.58. The van der Waals surface area contributed by atoms with Crippen molar-refractivity contribution >= 4 is 11.6 Å². The Bertz CT molecular complexity index is 286. The SMILES string of the molecule is CC(F)c1c(Cl)cccc1CCO.